The molecule has 0 radical (unpaired) electrons. The highest BCUT2D eigenvalue weighted by Gasteiger charge is 2.20. The van der Waals surface area contributed by atoms with Gasteiger partial charge in [-0.3, -0.25) is 14.4 Å². The molecule has 0 aliphatic heterocycles. The van der Waals surface area contributed by atoms with Crippen LogP contribution < -0.4 is 10.6 Å². The molecule has 32 heavy (non-hydrogen) atoms. The first-order chi connectivity index (χ1) is 15.3. The zero-order valence-electron chi connectivity index (χ0n) is 17.5. The molecule has 3 aromatic rings. The molecular weight excluding hydrogens is 453 g/mol. The Balaban J connectivity index is 1.66. The molecule has 0 saturated heterocycles. The van der Waals surface area contributed by atoms with Crippen LogP contribution in [0.25, 0.3) is 10.2 Å². The number of amides is 2. The van der Waals surface area contributed by atoms with E-state index in [1.54, 1.807) is 18.2 Å². The summed E-state index contributed by atoms with van der Waals surface area (Å²) in [6.45, 7) is 3.03. The summed E-state index contributed by atoms with van der Waals surface area (Å²) in [5.74, 6) is -0.779. The molecule has 168 valence electrons. The molecule has 2 aromatic carbocycles. The van der Waals surface area contributed by atoms with Crippen molar-refractivity contribution in [1.82, 2.24) is 10.3 Å². The van der Waals surface area contributed by atoms with E-state index in [-0.39, 0.29) is 30.0 Å². The number of thioether (sulfide) groups is 1. The van der Waals surface area contributed by atoms with E-state index in [9.17, 15) is 18.8 Å². The highest BCUT2D eigenvalue weighted by Crippen LogP contribution is 2.31. The van der Waals surface area contributed by atoms with Crippen molar-refractivity contribution in [2.24, 2.45) is 0 Å². The number of nitrogens with one attached hydrogen (secondary N) is 2. The molecule has 0 aliphatic rings. The molecule has 3 rings (SSSR count). The maximum absolute atomic E-state index is 13.2. The first-order valence-electron chi connectivity index (χ1n) is 9.79. The molecule has 1 atom stereocenters. The monoisotopic (exact) mass is 475 g/mol. The smallest absolute Gasteiger partial charge is 0.302 e. The number of esters is 1. The van der Waals surface area contributed by atoms with Gasteiger partial charge in [0.15, 0.2) is 4.34 Å². The molecule has 7 nitrogen and oxygen atoms in total. The van der Waals surface area contributed by atoms with Gasteiger partial charge >= 0.3 is 5.97 Å². The van der Waals surface area contributed by atoms with Crippen molar-refractivity contribution < 1.29 is 23.5 Å². The van der Waals surface area contributed by atoms with Gasteiger partial charge < -0.3 is 15.4 Å². The van der Waals surface area contributed by atoms with Crippen LogP contribution in [0.3, 0.4) is 0 Å². The largest absolute Gasteiger partial charge is 0.465 e. The Labute approximate surface area is 192 Å². The van der Waals surface area contributed by atoms with Gasteiger partial charge in [0.2, 0.25) is 11.8 Å². The second kappa shape index (κ2) is 11.1. The minimum absolute atomic E-state index is 0.234. The van der Waals surface area contributed by atoms with Crippen LogP contribution in [0.2, 0.25) is 0 Å². The Bertz CT molecular complexity index is 1120. The number of hydrogen-bond acceptors (Lipinski definition) is 7. The number of hydrogen-bond donors (Lipinski definition) is 2. The molecule has 0 bridgehead atoms. The number of carbonyl (C=O) groups excluding carboxylic acids is 3. The average molecular weight is 476 g/mol. The number of aromatic nitrogens is 1. The minimum atomic E-state index is -0.803. The van der Waals surface area contributed by atoms with Gasteiger partial charge in [0.1, 0.15) is 18.5 Å². The summed E-state index contributed by atoms with van der Waals surface area (Å²) in [6.07, 6.45) is 0.234. The molecule has 0 spiro atoms. The molecule has 2 N–H and O–H groups in total. The number of nitrogens with zero attached hydrogens (tertiary/aromatic N) is 1. The Kier molecular flexibility index (Phi) is 8.18. The molecular formula is C22H22FN3O4S2. The highest BCUT2D eigenvalue weighted by molar-refractivity contribution is 8.01. The van der Waals surface area contributed by atoms with Crippen molar-refractivity contribution in [2.45, 2.75) is 30.6 Å². The van der Waals surface area contributed by atoms with Crippen LogP contribution in [0, 0.1) is 5.82 Å². The molecule has 10 heteroatoms. The van der Waals surface area contributed by atoms with Crippen LogP contribution in [-0.4, -0.2) is 41.2 Å². The van der Waals surface area contributed by atoms with E-state index in [1.165, 1.54) is 49.1 Å². The Morgan fingerprint density at radius 2 is 1.91 bits per heavy atom. The van der Waals surface area contributed by atoms with Gasteiger partial charge in [-0.1, -0.05) is 23.9 Å². The normalized spacial score (nSPS) is 11.7. The van der Waals surface area contributed by atoms with Gasteiger partial charge in [0, 0.05) is 31.7 Å². The lowest BCUT2D eigenvalue weighted by Crippen LogP contribution is -2.44. The molecule has 1 aromatic heterocycles. The van der Waals surface area contributed by atoms with Crippen LogP contribution in [0.15, 0.2) is 46.8 Å². The molecule has 1 heterocycles. The fraction of sp³-hybridized carbons (Fsp3) is 0.273. The van der Waals surface area contributed by atoms with E-state index >= 15 is 0 Å². The zero-order valence-corrected chi connectivity index (χ0v) is 19.1. The summed E-state index contributed by atoms with van der Waals surface area (Å²) in [7, 11) is 0. The second-order valence-corrected chi connectivity index (χ2v) is 9.30. The van der Waals surface area contributed by atoms with E-state index in [0.29, 0.717) is 18.0 Å². The Morgan fingerprint density at radius 3 is 2.59 bits per heavy atom. The number of rotatable bonds is 9. The lowest BCUT2D eigenvalue weighted by molar-refractivity contribution is -0.140. The van der Waals surface area contributed by atoms with E-state index in [4.69, 9.17) is 4.74 Å². The standard InChI is InChI=1S/C22H22FN3O4S2/c1-13(27)24-19(11-15-3-5-16(23)6-4-15)21(29)25-17-7-8-18-20(12-17)32-22(26-18)31-10-9-30-14(2)28/h3-8,12,19H,9-11H2,1-2H3,(H,24,27)(H,25,29). The predicted molar refractivity (Wildman–Crippen MR) is 123 cm³/mol. The third-order valence-corrected chi connectivity index (χ3v) is 6.42. The lowest BCUT2D eigenvalue weighted by Gasteiger charge is -2.18. The van der Waals surface area contributed by atoms with Crippen molar-refractivity contribution in [2.75, 3.05) is 17.7 Å². The summed E-state index contributed by atoms with van der Waals surface area (Å²) in [6, 6.07) is 10.4. The summed E-state index contributed by atoms with van der Waals surface area (Å²) in [5.41, 5.74) is 2.11. The van der Waals surface area contributed by atoms with Gasteiger partial charge in [-0.2, -0.15) is 0 Å². The maximum atomic E-state index is 13.2. The highest BCUT2D eigenvalue weighted by atomic mass is 32.2. The van der Waals surface area contributed by atoms with Gasteiger partial charge in [0.25, 0.3) is 0 Å². The first kappa shape index (κ1) is 23.7. The van der Waals surface area contributed by atoms with Crippen LogP contribution in [0.1, 0.15) is 19.4 Å². The molecule has 0 aliphatic carbocycles. The maximum Gasteiger partial charge on any atom is 0.302 e. The topological polar surface area (TPSA) is 97.4 Å². The van der Waals surface area contributed by atoms with Crippen molar-refractivity contribution in [3.63, 3.8) is 0 Å². The lowest BCUT2D eigenvalue weighted by atomic mass is 10.0. The summed E-state index contributed by atoms with van der Waals surface area (Å²) in [4.78, 5) is 39.8. The van der Waals surface area contributed by atoms with E-state index in [1.807, 2.05) is 12.1 Å². The number of ether oxygens (including phenoxy) is 1. The van der Waals surface area contributed by atoms with Gasteiger partial charge in [0.05, 0.1) is 10.2 Å². The summed E-state index contributed by atoms with van der Waals surface area (Å²) in [5, 5.41) is 5.48. The van der Waals surface area contributed by atoms with E-state index < -0.39 is 6.04 Å². The minimum Gasteiger partial charge on any atom is -0.465 e. The van der Waals surface area contributed by atoms with Gasteiger partial charge in [-0.15, -0.1) is 11.3 Å². The molecule has 0 fully saturated rings. The Morgan fingerprint density at radius 1 is 1.16 bits per heavy atom. The average Bonchev–Trinajstić information content (AvgIpc) is 3.14. The molecule has 2 amide bonds. The van der Waals surface area contributed by atoms with E-state index in [2.05, 4.69) is 15.6 Å². The molecule has 0 saturated carbocycles. The third kappa shape index (κ3) is 7.03. The van der Waals surface area contributed by atoms with Crippen LogP contribution in [0.5, 0.6) is 0 Å². The summed E-state index contributed by atoms with van der Waals surface area (Å²) >= 11 is 2.97. The number of carbonyl (C=O) groups is 3. The number of benzene rings is 2. The quantitative estimate of drug-likeness (QED) is 0.278. The zero-order chi connectivity index (χ0) is 23.1. The third-order valence-electron chi connectivity index (χ3n) is 4.30. The van der Waals surface area contributed by atoms with Crippen molar-refractivity contribution in [3.05, 3.63) is 53.8 Å². The van der Waals surface area contributed by atoms with Crippen LogP contribution in [-0.2, 0) is 25.5 Å². The number of thiazole rings is 1. The van der Waals surface area contributed by atoms with Crippen molar-refractivity contribution in [1.29, 1.82) is 0 Å². The van der Waals surface area contributed by atoms with Gasteiger partial charge in [-0.25, -0.2) is 9.37 Å². The van der Waals surface area contributed by atoms with Gasteiger partial charge in [-0.05, 0) is 35.9 Å². The van der Waals surface area contributed by atoms with Crippen LogP contribution >= 0.6 is 23.1 Å². The number of fused-ring (bicyclic) bond motifs is 1. The predicted octanol–water partition coefficient (Wildman–Crippen LogP) is 3.78. The summed E-state index contributed by atoms with van der Waals surface area (Å²) < 4.78 is 19.8. The fourth-order valence-electron chi connectivity index (χ4n) is 2.90. The van der Waals surface area contributed by atoms with Crippen molar-refractivity contribution in [3.8, 4) is 0 Å². The molecule has 1 unspecified atom stereocenters. The van der Waals surface area contributed by atoms with Crippen molar-refractivity contribution >= 4 is 56.8 Å². The fourth-order valence-corrected chi connectivity index (χ4v) is 4.89. The van der Waals surface area contributed by atoms with Crippen LogP contribution in [0.4, 0.5) is 10.1 Å². The SMILES string of the molecule is CC(=O)NC(Cc1ccc(F)cc1)C(=O)Nc1ccc2nc(SCCOC(C)=O)sc2c1. The Hall–Kier alpha value is -2.98. The second-order valence-electron chi connectivity index (χ2n) is 6.92. The van der Waals surface area contributed by atoms with E-state index in [0.717, 1.165) is 20.1 Å². The number of halogens is 1. The first-order valence-corrected chi connectivity index (χ1v) is 11.6. The number of anilines is 1.